The number of nitrogens with one attached hydrogen (secondary N) is 1. The third-order valence-corrected chi connectivity index (χ3v) is 2.00. The van der Waals surface area contributed by atoms with E-state index in [1.54, 1.807) is 6.92 Å². The molecule has 0 saturated carbocycles. The van der Waals surface area contributed by atoms with E-state index in [1.807, 2.05) is 0 Å². The topological polar surface area (TPSA) is 83.0 Å². The molecule has 0 radical (unpaired) electrons. The Balaban J connectivity index is 0.000000280. The predicted octanol–water partition coefficient (Wildman–Crippen LogP) is 1.68. The van der Waals surface area contributed by atoms with E-state index in [9.17, 15) is 18.4 Å². The van der Waals surface area contributed by atoms with E-state index >= 15 is 0 Å². The molecule has 1 aromatic heterocycles. The Hall–Kier alpha value is -2.31. The third-order valence-electron chi connectivity index (χ3n) is 2.00. The van der Waals surface area contributed by atoms with Crippen molar-refractivity contribution in [3.63, 3.8) is 0 Å². The molecule has 0 aliphatic heterocycles. The minimum Gasteiger partial charge on any atom is -0.481 e. The van der Waals surface area contributed by atoms with Crippen LogP contribution in [-0.4, -0.2) is 21.0 Å². The highest BCUT2D eigenvalue weighted by Crippen LogP contribution is 2.13. The molecule has 0 aliphatic carbocycles. The summed E-state index contributed by atoms with van der Waals surface area (Å²) in [4.78, 5) is 26.3. The summed E-state index contributed by atoms with van der Waals surface area (Å²) in [5.41, 5.74) is -0.537. The minimum absolute atomic E-state index is 0.141. The van der Waals surface area contributed by atoms with Gasteiger partial charge in [-0.25, -0.2) is 13.8 Å². The molecular formula is C11H10F2N2O3. The Morgan fingerprint density at radius 1 is 1.44 bits per heavy atom. The van der Waals surface area contributed by atoms with Gasteiger partial charge in [-0.2, -0.15) is 0 Å². The second kappa shape index (κ2) is 5.85. The van der Waals surface area contributed by atoms with Gasteiger partial charge in [0, 0.05) is 6.42 Å². The van der Waals surface area contributed by atoms with Crippen molar-refractivity contribution in [2.24, 2.45) is 0 Å². The van der Waals surface area contributed by atoms with Crippen LogP contribution in [0, 0.1) is 11.6 Å². The lowest BCUT2D eigenvalue weighted by molar-refractivity contribution is -0.136. The lowest BCUT2D eigenvalue weighted by Crippen LogP contribution is -2.09. The van der Waals surface area contributed by atoms with Crippen LogP contribution in [0.4, 0.5) is 8.78 Å². The first-order chi connectivity index (χ1) is 8.47. The molecule has 0 amide bonds. The fourth-order valence-corrected chi connectivity index (χ4v) is 1.10. The molecule has 5 nitrogen and oxygen atoms in total. The number of hydrogen-bond donors (Lipinski definition) is 2. The maximum absolute atomic E-state index is 13.0. The molecule has 2 rings (SSSR count). The molecule has 18 heavy (non-hydrogen) atoms. The van der Waals surface area contributed by atoms with Gasteiger partial charge >= 0.3 is 5.97 Å². The van der Waals surface area contributed by atoms with Gasteiger partial charge < -0.3 is 10.1 Å². The molecule has 1 aromatic carbocycles. The van der Waals surface area contributed by atoms with Gasteiger partial charge in [-0.15, -0.1) is 0 Å². The van der Waals surface area contributed by atoms with Crippen LogP contribution in [0.1, 0.15) is 13.3 Å². The van der Waals surface area contributed by atoms with Crippen LogP contribution in [0.5, 0.6) is 0 Å². The predicted molar refractivity (Wildman–Crippen MR) is 60.2 cm³/mol. The normalized spacial score (nSPS) is 9.72. The number of H-pyrrole nitrogens is 1. The molecule has 0 spiro atoms. The van der Waals surface area contributed by atoms with E-state index in [2.05, 4.69) is 9.97 Å². The Labute approximate surface area is 100 Å². The first-order valence-corrected chi connectivity index (χ1v) is 5.00. The summed E-state index contributed by atoms with van der Waals surface area (Å²) in [7, 11) is 0. The van der Waals surface area contributed by atoms with E-state index in [0.29, 0.717) is 0 Å². The zero-order chi connectivity index (χ0) is 13.7. The van der Waals surface area contributed by atoms with E-state index in [1.165, 1.54) is 6.07 Å². The number of carboxylic acid groups (broad SMARTS) is 1. The number of carboxylic acids is 1. The van der Waals surface area contributed by atoms with E-state index in [0.717, 1.165) is 12.4 Å². The molecule has 2 N–H and O–H groups in total. The number of hydrogen-bond acceptors (Lipinski definition) is 3. The molecule has 0 aliphatic rings. The van der Waals surface area contributed by atoms with Crippen LogP contribution in [0.25, 0.3) is 10.9 Å². The summed E-state index contributed by atoms with van der Waals surface area (Å²) < 4.78 is 25.7. The number of fused-ring (bicyclic) bond motifs is 1. The molecule has 7 heteroatoms. The Bertz CT molecular complexity index is 625. The van der Waals surface area contributed by atoms with Crippen molar-refractivity contribution in [2.45, 2.75) is 13.3 Å². The molecular weight excluding hydrogens is 246 g/mol. The molecule has 0 fully saturated rings. The number of rotatable bonds is 1. The highest BCUT2D eigenvalue weighted by atomic mass is 19.2. The number of nitrogens with zero attached hydrogens (tertiary/aromatic N) is 1. The van der Waals surface area contributed by atoms with Crippen molar-refractivity contribution < 1.29 is 18.7 Å². The van der Waals surface area contributed by atoms with Crippen LogP contribution in [0.15, 0.2) is 23.3 Å². The van der Waals surface area contributed by atoms with Crippen molar-refractivity contribution >= 4 is 16.9 Å². The van der Waals surface area contributed by atoms with Gasteiger partial charge in [-0.3, -0.25) is 9.59 Å². The number of carbonyl (C=O) groups is 1. The fourth-order valence-electron chi connectivity index (χ4n) is 1.10. The number of aliphatic carboxylic acids is 1. The van der Waals surface area contributed by atoms with E-state index in [4.69, 9.17) is 5.11 Å². The third kappa shape index (κ3) is 3.09. The maximum atomic E-state index is 13.0. The van der Waals surface area contributed by atoms with Gasteiger partial charge in [0.1, 0.15) is 5.39 Å². The maximum Gasteiger partial charge on any atom is 0.303 e. The Kier molecular flexibility index (Phi) is 4.47. The van der Waals surface area contributed by atoms with Gasteiger partial charge in [0.2, 0.25) is 0 Å². The van der Waals surface area contributed by atoms with Gasteiger partial charge in [0.05, 0.1) is 11.8 Å². The molecule has 2 aromatic rings. The number of halogens is 2. The summed E-state index contributed by atoms with van der Waals surface area (Å²) >= 11 is 0. The average molecular weight is 256 g/mol. The van der Waals surface area contributed by atoms with Gasteiger partial charge in [0.15, 0.2) is 11.6 Å². The molecule has 96 valence electrons. The van der Waals surface area contributed by atoms with Crippen molar-refractivity contribution in [1.29, 1.82) is 0 Å². The molecule has 0 bridgehead atoms. The van der Waals surface area contributed by atoms with Crippen molar-refractivity contribution in [2.75, 3.05) is 0 Å². The summed E-state index contributed by atoms with van der Waals surface area (Å²) in [6.07, 6.45) is 1.36. The lowest BCUT2D eigenvalue weighted by atomic mass is 10.2. The summed E-state index contributed by atoms with van der Waals surface area (Å²) in [5, 5.41) is 7.38. The second-order valence-electron chi connectivity index (χ2n) is 3.23. The van der Waals surface area contributed by atoms with Gasteiger partial charge in [-0.05, 0) is 12.1 Å². The zero-order valence-corrected chi connectivity index (χ0v) is 9.41. The smallest absolute Gasteiger partial charge is 0.303 e. The molecule has 0 unspecified atom stereocenters. The minimum atomic E-state index is -1.16. The largest absolute Gasteiger partial charge is 0.481 e. The standard InChI is InChI=1S/C8H4F2N2O.C3H6O2/c9-4-1-2-5-6(7(4)10)8(13)12-3-11-5;1-2-3(4)5/h1-3H,(H,11,12,13);2H2,1H3,(H,4,5). The quantitative estimate of drug-likeness (QED) is 0.813. The summed E-state index contributed by atoms with van der Waals surface area (Å²) in [6, 6.07) is 2.19. The Morgan fingerprint density at radius 3 is 2.61 bits per heavy atom. The Morgan fingerprint density at radius 2 is 2.06 bits per heavy atom. The van der Waals surface area contributed by atoms with Crippen LogP contribution in [0.2, 0.25) is 0 Å². The van der Waals surface area contributed by atoms with Crippen LogP contribution < -0.4 is 5.56 Å². The highest BCUT2D eigenvalue weighted by Gasteiger charge is 2.10. The van der Waals surface area contributed by atoms with Crippen LogP contribution >= 0.6 is 0 Å². The molecule has 0 saturated heterocycles. The molecule has 0 atom stereocenters. The van der Waals surface area contributed by atoms with Crippen LogP contribution in [0.3, 0.4) is 0 Å². The highest BCUT2D eigenvalue weighted by molar-refractivity contribution is 5.77. The zero-order valence-electron chi connectivity index (χ0n) is 9.41. The van der Waals surface area contributed by atoms with Crippen LogP contribution in [-0.2, 0) is 4.79 Å². The summed E-state index contributed by atoms with van der Waals surface area (Å²) in [6.45, 7) is 1.60. The van der Waals surface area contributed by atoms with Gasteiger partial charge in [0.25, 0.3) is 5.56 Å². The second-order valence-corrected chi connectivity index (χ2v) is 3.23. The average Bonchev–Trinajstić information content (AvgIpc) is 2.35. The van der Waals surface area contributed by atoms with E-state index < -0.39 is 23.2 Å². The van der Waals surface area contributed by atoms with Crippen molar-refractivity contribution in [3.05, 3.63) is 40.4 Å². The number of aromatic amines is 1. The molecule has 1 heterocycles. The SMILES string of the molecule is CCC(=O)O.O=c1[nH]cnc2ccc(F)c(F)c12. The number of benzene rings is 1. The summed E-state index contributed by atoms with van der Waals surface area (Å²) in [5.74, 6) is -2.96. The van der Waals surface area contributed by atoms with Gasteiger partial charge in [-0.1, -0.05) is 6.92 Å². The van der Waals surface area contributed by atoms with Crippen molar-refractivity contribution in [3.8, 4) is 0 Å². The first-order valence-electron chi connectivity index (χ1n) is 5.00. The monoisotopic (exact) mass is 256 g/mol. The number of aromatic nitrogens is 2. The van der Waals surface area contributed by atoms with Crippen molar-refractivity contribution in [1.82, 2.24) is 9.97 Å². The first kappa shape index (κ1) is 13.8. The fraction of sp³-hybridized carbons (Fsp3) is 0.182. The lowest BCUT2D eigenvalue weighted by Gasteiger charge is -1.96. The van der Waals surface area contributed by atoms with E-state index in [-0.39, 0.29) is 17.3 Å².